The lowest BCUT2D eigenvalue weighted by atomic mass is 10.0. The van der Waals surface area contributed by atoms with Crippen molar-refractivity contribution in [3.63, 3.8) is 0 Å². The Morgan fingerprint density at radius 2 is 2.02 bits per heavy atom. The van der Waals surface area contributed by atoms with Crippen LogP contribution in [0, 0.1) is 12.7 Å². The van der Waals surface area contributed by atoms with Crippen LogP contribution in [-0.2, 0) is 16.0 Å². The highest BCUT2D eigenvalue weighted by Gasteiger charge is 2.32. The summed E-state index contributed by atoms with van der Waals surface area (Å²) in [6, 6.07) is 11.2. The first-order valence-corrected chi connectivity index (χ1v) is 13.7. The molecule has 2 aromatic carbocycles. The predicted octanol–water partition coefficient (Wildman–Crippen LogP) is 5.51. The van der Waals surface area contributed by atoms with Crippen molar-refractivity contribution in [1.82, 2.24) is 14.8 Å². The van der Waals surface area contributed by atoms with Gasteiger partial charge in [-0.1, -0.05) is 49.4 Å². The second kappa shape index (κ2) is 12.5. The number of nitrogens with zero attached hydrogens (tertiary/aromatic N) is 5. The highest BCUT2D eigenvalue weighted by molar-refractivity contribution is 6.33. The molecule has 0 bridgehead atoms. The Balaban J connectivity index is 1.96. The van der Waals surface area contributed by atoms with E-state index in [0.29, 0.717) is 49.6 Å². The Bertz CT molecular complexity index is 1510. The molecule has 41 heavy (non-hydrogen) atoms. The third-order valence-electron chi connectivity index (χ3n) is 7.30. The molecule has 2 amide bonds. The first-order valence-electron chi connectivity index (χ1n) is 13.3. The van der Waals surface area contributed by atoms with Gasteiger partial charge in [-0.05, 0) is 55.7 Å². The minimum atomic E-state index is -0.707. The van der Waals surface area contributed by atoms with Gasteiger partial charge in [0, 0.05) is 32.7 Å². The maximum absolute atomic E-state index is 15.0. The lowest BCUT2D eigenvalue weighted by molar-refractivity contribution is -0.128. The zero-order valence-corrected chi connectivity index (χ0v) is 24.3. The van der Waals surface area contributed by atoms with Gasteiger partial charge < -0.3 is 14.9 Å². The molecule has 4 rings (SSSR count). The van der Waals surface area contributed by atoms with Gasteiger partial charge in [0.2, 0.25) is 12.3 Å². The third kappa shape index (κ3) is 5.67. The molecular weight excluding hydrogens is 545 g/mol. The number of carbonyl (C=O) groups is 2. The number of phenolic OH excluding ortho intramolecular Hbond substituents is 1. The quantitative estimate of drug-likeness (QED) is 0.173. The fraction of sp³-hybridized carbons (Fsp3) is 0.290. The molecule has 1 aliphatic rings. The Morgan fingerprint density at radius 3 is 2.63 bits per heavy atom. The van der Waals surface area contributed by atoms with Gasteiger partial charge in [-0.3, -0.25) is 19.5 Å². The number of phenols is 1. The van der Waals surface area contributed by atoms with E-state index in [1.165, 1.54) is 29.2 Å². The van der Waals surface area contributed by atoms with Crippen LogP contribution in [0.1, 0.15) is 30.5 Å². The normalized spacial score (nSPS) is 15.6. The second-order valence-corrected chi connectivity index (χ2v) is 10.2. The average Bonchev–Trinajstić information content (AvgIpc) is 2.96. The minimum Gasteiger partial charge on any atom is -0.507 e. The monoisotopic (exact) mass is 577 g/mol. The molecule has 0 saturated carbocycles. The van der Waals surface area contributed by atoms with Gasteiger partial charge in [0.05, 0.1) is 27.5 Å². The largest absolute Gasteiger partial charge is 0.507 e. The van der Waals surface area contributed by atoms with E-state index in [1.54, 1.807) is 18.0 Å². The molecule has 1 atom stereocenters. The second-order valence-electron chi connectivity index (χ2n) is 9.81. The molecule has 1 N–H and O–H groups in total. The first-order chi connectivity index (χ1) is 19.7. The predicted molar refractivity (Wildman–Crippen MR) is 160 cm³/mol. The van der Waals surface area contributed by atoms with E-state index in [-0.39, 0.29) is 39.8 Å². The zero-order chi connectivity index (χ0) is 29.8. The van der Waals surface area contributed by atoms with Gasteiger partial charge >= 0.3 is 0 Å². The molecule has 214 valence electrons. The number of carbonyl (C=O) groups excluding carboxylic acids is 2. The van der Waals surface area contributed by atoms with E-state index in [9.17, 15) is 14.7 Å². The Morgan fingerprint density at radius 1 is 1.29 bits per heavy atom. The lowest BCUT2D eigenvalue weighted by Crippen LogP contribution is -2.55. The zero-order valence-electron chi connectivity index (χ0n) is 23.6. The van der Waals surface area contributed by atoms with Crippen molar-refractivity contribution >= 4 is 41.3 Å². The number of anilines is 2. The van der Waals surface area contributed by atoms with Gasteiger partial charge in [0.15, 0.2) is 5.82 Å². The number of aryl methyl sites for hydroxylation is 2. The van der Waals surface area contributed by atoms with Crippen LogP contribution in [0.3, 0.4) is 0 Å². The standard InChI is InChI=1S/C31H33ClFN5O3/c1-6-21-11-8-10-19(3)29(21)38(18-39)31-22(16-23(32)28(35-31)27-24(33)12-9-13-25(27)40)30(34-5)37-15-14-36(17-20(37)4)26(41)7-2/h7-13,16,18,20,40H,2,6,14-15,17H2,1,3-5H3/b34-30+. The number of para-hydroxylation sites is 1. The molecule has 3 aromatic rings. The summed E-state index contributed by atoms with van der Waals surface area (Å²) < 4.78 is 15.0. The van der Waals surface area contributed by atoms with E-state index in [1.807, 2.05) is 43.9 Å². The van der Waals surface area contributed by atoms with Crippen LogP contribution < -0.4 is 4.90 Å². The van der Waals surface area contributed by atoms with Crippen LogP contribution in [0.2, 0.25) is 5.02 Å². The molecule has 0 radical (unpaired) electrons. The molecule has 1 aromatic heterocycles. The number of aliphatic imine (C=N–C) groups is 1. The van der Waals surface area contributed by atoms with E-state index in [4.69, 9.17) is 16.6 Å². The number of piperazine rings is 1. The van der Waals surface area contributed by atoms with Gasteiger partial charge in [-0.15, -0.1) is 0 Å². The van der Waals surface area contributed by atoms with Crippen molar-refractivity contribution in [2.24, 2.45) is 4.99 Å². The van der Waals surface area contributed by atoms with Crippen molar-refractivity contribution in [1.29, 1.82) is 0 Å². The Labute approximate surface area is 244 Å². The third-order valence-corrected chi connectivity index (χ3v) is 7.59. The number of amides is 2. The molecular formula is C31H33ClFN5O3. The van der Waals surface area contributed by atoms with Gasteiger partial charge in [0.1, 0.15) is 17.4 Å². The summed E-state index contributed by atoms with van der Waals surface area (Å²) >= 11 is 6.74. The number of rotatable bonds is 7. The van der Waals surface area contributed by atoms with Crippen molar-refractivity contribution in [3.8, 4) is 17.0 Å². The van der Waals surface area contributed by atoms with Crippen molar-refractivity contribution < 1.29 is 19.1 Å². The van der Waals surface area contributed by atoms with Crippen LogP contribution in [-0.4, -0.2) is 70.8 Å². The van der Waals surface area contributed by atoms with Gasteiger partial charge in [-0.25, -0.2) is 9.37 Å². The molecule has 1 fully saturated rings. The Hall–Kier alpha value is -4.24. The number of aromatic nitrogens is 1. The van der Waals surface area contributed by atoms with E-state index in [0.717, 1.165) is 11.1 Å². The summed E-state index contributed by atoms with van der Waals surface area (Å²) in [5, 5.41) is 10.6. The van der Waals surface area contributed by atoms with Crippen LogP contribution in [0.4, 0.5) is 15.9 Å². The highest BCUT2D eigenvalue weighted by atomic mass is 35.5. The fourth-order valence-electron chi connectivity index (χ4n) is 5.31. The Kier molecular flexibility index (Phi) is 9.08. The van der Waals surface area contributed by atoms with E-state index >= 15 is 4.39 Å². The SMILES string of the molecule is C=CC(=O)N1CCN(/C(=N/C)c2cc(Cl)c(-c3c(O)cccc3F)nc2N(C=O)c2c(C)cccc2CC)C(C)C1. The maximum atomic E-state index is 15.0. The number of hydrogen-bond donors (Lipinski definition) is 1. The number of pyridine rings is 1. The molecule has 8 nitrogen and oxygen atoms in total. The summed E-state index contributed by atoms with van der Waals surface area (Å²) in [4.78, 5) is 39.7. The summed E-state index contributed by atoms with van der Waals surface area (Å²) in [5.41, 5.74) is 2.67. The molecule has 1 saturated heterocycles. The highest BCUT2D eigenvalue weighted by Crippen LogP contribution is 2.40. The summed E-state index contributed by atoms with van der Waals surface area (Å²) in [7, 11) is 1.63. The number of amidine groups is 1. The molecule has 1 unspecified atom stereocenters. The van der Waals surface area contributed by atoms with Crippen LogP contribution in [0.15, 0.2) is 60.1 Å². The smallest absolute Gasteiger partial charge is 0.246 e. The summed E-state index contributed by atoms with van der Waals surface area (Å²) in [5.74, 6) is -0.493. The topological polar surface area (TPSA) is 89.3 Å². The van der Waals surface area contributed by atoms with E-state index < -0.39 is 5.82 Å². The lowest BCUT2D eigenvalue weighted by Gasteiger charge is -2.41. The molecule has 0 aliphatic carbocycles. The molecule has 1 aliphatic heterocycles. The molecule has 2 heterocycles. The average molecular weight is 578 g/mol. The summed E-state index contributed by atoms with van der Waals surface area (Å²) in [6.07, 6.45) is 2.62. The van der Waals surface area contributed by atoms with Gasteiger partial charge in [-0.2, -0.15) is 0 Å². The summed E-state index contributed by atoms with van der Waals surface area (Å²) in [6.45, 7) is 10.8. The molecule has 0 spiro atoms. The number of benzene rings is 2. The van der Waals surface area contributed by atoms with Crippen molar-refractivity contribution in [2.75, 3.05) is 31.6 Å². The first kappa shape index (κ1) is 29.7. The van der Waals surface area contributed by atoms with Crippen molar-refractivity contribution in [3.05, 3.63) is 82.6 Å². The van der Waals surface area contributed by atoms with Crippen molar-refractivity contribution in [2.45, 2.75) is 33.2 Å². The number of aromatic hydroxyl groups is 1. The van der Waals surface area contributed by atoms with E-state index in [2.05, 4.69) is 11.6 Å². The van der Waals surface area contributed by atoms with Crippen LogP contribution in [0.5, 0.6) is 5.75 Å². The minimum absolute atomic E-state index is 0.00981. The maximum Gasteiger partial charge on any atom is 0.246 e. The van der Waals surface area contributed by atoms with Gasteiger partial charge in [0.25, 0.3) is 0 Å². The van der Waals surface area contributed by atoms with Crippen LogP contribution >= 0.6 is 11.6 Å². The number of halogens is 2. The fourth-order valence-corrected chi connectivity index (χ4v) is 5.56. The molecule has 10 heteroatoms. The number of hydrogen-bond acceptors (Lipinski definition) is 5. The van der Waals surface area contributed by atoms with Crippen LogP contribution in [0.25, 0.3) is 11.3 Å².